The van der Waals surface area contributed by atoms with Crippen LogP contribution in [0, 0.1) is 0 Å². The van der Waals surface area contributed by atoms with E-state index in [1.807, 2.05) is 60.7 Å². The highest BCUT2D eigenvalue weighted by atomic mass is 79.9. The molecule has 0 radical (unpaired) electrons. The topological polar surface area (TPSA) is 18.5 Å². The molecule has 3 rings (SSSR count). The van der Waals surface area contributed by atoms with Crippen LogP contribution in [0.25, 0.3) is 24.3 Å². The zero-order valence-corrected chi connectivity index (χ0v) is 18.8. The maximum absolute atomic E-state index is 5.62. The van der Waals surface area contributed by atoms with Crippen LogP contribution in [0.4, 0.5) is 0 Å². The molecule has 3 aromatic carbocycles. The fourth-order valence-electron chi connectivity index (χ4n) is 2.79. The quantitative estimate of drug-likeness (QED) is 0.325. The van der Waals surface area contributed by atoms with Gasteiger partial charge in [-0.15, -0.1) is 0 Å². The third kappa shape index (κ3) is 4.94. The van der Waals surface area contributed by atoms with E-state index in [1.54, 1.807) is 14.2 Å². The lowest BCUT2D eigenvalue weighted by molar-refractivity contribution is 0.401. The van der Waals surface area contributed by atoms with Crippen LogP contribution in [0.2, 0.25) is 0 Å². The Balaban J connectivity index is 1.96. The van der Waals surface area contributed by atoms with E-state index < -0.39 is 0 Å². The summed E-state index contributed by atoms with van der Waals surface area (Å²) in [4.78, 5) is 0. The smallest absolute Gasteiger partial charge is 0.126 e. The zero-order valence-electron chi connectivity index (χ0n) is 15.7. The summed E-state index contributed by atoms with van der Waals surface area (Å²) in [6.07, 6.45) is 8.17. The summed E-state index contributed by atoms with van der Waals surface area (Å²) >= 11 is 7.15. The van der Waals surface area contributed by atoms with E-state index in [4.69, 9.17) is 9.47 Å². The van der Waals surface area contributed by atoms with Crippen molar-refractivity contribution < 1.29 is 9.47 Å². The van der Waals surface area contributed by atoms with E-state index >= 15 is 0 Å². The van der Waals surface area contributed by atoms with E-state index in [-0.39, 0.29) is 0 Å². The lowest BCUT2D eigenvalue weighted by Gasteiger charge is -2.11. The minimum absolute atomic E-state index is 0.788. The highest BCUT2D eigenvalue weighted by Gasteiger charge is 2.08. The third-order valence-electron chi connectivity index (χ3n) is 4.28. The van der Waals surface area contributed by atoms with Gasteiger partial charge in [0.1, 0.15) is 11.5 Å². The van der Waals surface area contributed by atoms with Crippen molar-refractivity contribution in [2.75, 3.05) is 14.2 Å². The van der Waals surface area contributed by atoms with Gasteiger partial charge < -0.3 is 9.47 Å². The Labute approximate surface area is 182 Å². The third-order valence-corrected chi connectivity index (χ3v) is 5.72. The lowest BCUT2D eigenvalue weighted by Crippen LogP contribution is -1.93. The molecule has 0 unspecified atom stereocenters. The molecule has 2 nitrogen and oxygen atoms in total. The Kier molecular flexibility index (Phi) is 7.12. The Morgan fingerprint density at radius 1 is 0.571 bits per heavy atom. The minimum atomic E-state index is 0.788. The van der Waals surface area contributed by atoms with Crippen LogP contribution in [0.5, 0.6) is 11.5 Å². The van der Waals surface area contributed by atoms with Crippen LogP contribution in [-0.2, 0) is 0 Å². The molecular weight excluding hydrogens is 480 g/mol. The summed E-state index contributed by atoms with van der Waals surface area (Å²) in [5.74, 6) is 1.58. The molecule has 0 fully saturated rings. The summed E-state index contributed by atoms with van der Waals surface area (Å²) < 4.78 is 13.3. The molecule has 0 bridgehead atoms. The number of benzene rings is 3. The molecule has 0 aromatic heterocycles. The minimum Gasteiger partial charge on any atom is -0.496 e. The molecule has 0 amide bonds. The second-order valence-corrected chi connectivity index (χ2v) is 7.75. The summed E-state index contributed by atoms with van der Waals surface area (Å²) in [6, 6.07) is 20.2. The fraction of sp³-hybridized carbons (Fsp3) is 0.0833. The van der Waals surface area contributed by atoms with Gasteiger partial charge in [-0.05, 0) is 35.4 Å². The Hall–Kier alpha value is -2.30. The summed E-state index contributed by atoms with van der Waals surface area (Å²) in [7, 11) is 3.36. The number of hydrogen-bond acceptors (Lipinski definition) is 2. The average molecular weight is 500 g/mol. The first-order valence-electron chi connectivity index (χ1n) is 8.73. The molecule has 0 heterocycles. The highest BCUT2D eigenvalue weighted by molar-refractivity contribution is 9.10. The van der Waals surface area contributed by atoms with Gasteiger partial charge in [0.05, 0.1) is 14.2 Å². The highest BCUT2D eigenvalue weighted by Crippen LogP contribution is 2.32. The molecule has 0 aliphatic heterocycles. The molecule has 28 heavy (non-hydrogen) atoms. The first-order valence-corrected chi connectivity index (χ1v) is 10.3. The van der Waals surface area contributed by atoms with Crippen LogP contribution < -0.4 is 9.47 Å². The molecule has 0 spiro atoms. The number of rotatable bonds is 6. The van der Waals surface area contributed by atoms with Crippen LogP contribution in [0.1, 0.15) is 22.3 Å². The molecular formula is C24H20Br2O2. The first kappa shape index (κ1) is 20.4. The Bertz CT molecular complexity index is 940. The Morgan fingerprint density at radius 2 is 0.929 bits per heavy atom. The van der Waals surface area contributed by atoms with Gasteiger partial charge in [-0.25, -0.2) is 0 Å². The van der Waals surface area contributed by atoms with Crippen molar-refractivity contribution in [3.05, 3.63) is 91.9 Å². The average Bonchev–Trinajstić information content (AvgIpc) is 2.72. The summed E-state index contributed by atoms with van der Waals surface area (Å²) in [5.41, 5.74) is 4.10. The van der Waals surface area contributed by atoms with Crippen molar-refractivity contribution in [3.63, 3.8) is 0 Å². The van der Waals surface area contributed by atoms with Crippen molar-refractivity contribution in [1.29, 1.82) is 0 Å². The Morgan fingerprint density at radius 3 is 1.29 bits per heavy atom. The van der Waals surface area contributed by atoms with Crippen molar-refractivity contribution in [2.24, 2.45) is 0 Å². The standard InChI is InChI=1S/C24H20Br2O2/c1-27-23-15-20(14-12-18-8-4-6-10-22(18)26)24(28-2)16-19(23)13-11-17-7-3-5-9-21(17)25/h3-16H,1-2H3/b13-11-,14-12-. The van der Waals surface area contributed by atoms with Gasteiger partial charge in [-0.1, -0.05) is 92.6 Å². The van der Waals surface area contributed by atoms with Crippen molar-refractivity contribution in [2.45, 2.75) is 0 Å². The van der Waals surface area contributed by atoms with E-state index in [2.05, 4.69) is 56.1 Å². The molecule has 0 N–H and O–H groups in total. The second-order valence-electron chi connectivity index (χ2n) is 6.05. The maximum atomic E-state index is 5.62. The molecule has 4 heteroatoms. The number of hydrogen-bond donors (Lipinski definition) is 0. The van der Waals surface area contributed by atoms with Gasteiger partial charge in [0.25, 0.3) is 0 Å². The van der Waals surface area contributed by atoms with Gasteiger partial charge in [0.15, 0.2) is 0 Å². The van der Waals surface area contributed by atoms with Crippen LogP contribution in [-0.4, -0.2) is 14.2 Å². The van der Waals surface area contributed by atoms with Crippen LogP contribution in [0.15, 0.2) is 69.6 Å². The van der Waals surface area contributed by atoms with Crippen LogP contribution >= 0.6 is 31.9 Å². The normalized spacial score (nSPS) is 11.3. The summed E-state index contributed by atoms with van der Waals surface area (Å²) in [6.45, 7) is 0. The van der Waals surface area contributed by atoms with Gasteiger partial charge >= 0.3 is 0 Å². The first-order chi connectivity index (χ1) is 13.6. The fourth-order valence-corrected chi connectivity index (χ4v) is 3.62. The van der Waals surface area contributed by atoms with E-state index in [0.717, 1.165) is 42.7 Å². The van der Waals surface area contributed by atoms with E-state index in [9.17, 15) is 0 Å². The molecule has 0 aliphatic rings. The summed E-state index contributed by atoms with van der Waals surface area (Å²) in [5, 5.41) is 0. The molecule has 0 aliphatic carbocycles. The maximum Gasteiger partial charge on any atom is 0.126 e. The number of methoxy groups -OCH3 is 2. The largest absolute Gasteiger partial charge is 0.496 e. The van der Waals surface area contributed by atoms with Crippen molar-refractivity contribution in [3.8, 4) is 11.5 Å². The molecule has 0 atom stereocenters. The van der Waals surface area contributed by atoms with Crippen molar-refractivity contribution >= 4 is 56.2 Å². The monoisotopic (exact) mass is 498 g/mol. The van der Waals surface area contributed by atoms with Gasteiger partial charge in [0.2, 0.25) is 0 Å². The van der Waals surface area contributed by atoms with Gasteiger partial charge in [-0.3, -0.25) is 0 Å². The lowest BCUT2D eigenvalue weighted by atomic mass is 10.1. The molecule has 0 saturated heterocycles. The van der Waals surface area contributed by atoms with Gasteiger partial charge in [0, 0.05) is 20.1 Å². The number of ether oxygens (including phenoxy) is 2. The SMILES string of the molecule is COc1cc(/C=C\c2ccccc2Br)c(OC)cc1/C=C\c1ccccc1Br. The zero-order chi connectivity index (χ0) is 19.9. The molecule has 3 aromatic rings. The van der Waals surface area contributed by atoms with E-state index in [0.29, 0.717) is 0 Å². The van der Waals surface area contributed by atoms with Crippen molar-refractivity contribution in [1.82, 2.24) is 0 Å². The number of halogens is 2. The van der Waals surface area contributed by atoms with Gasteiger partial charge in [-0.2, -0.15) is 0 Å². The molecule has 142 valence electrons. The second kappa shape index (κ2) is 9.76. The predicted molar refractivity (Wildman–Crippen MR) is 126 cm³/mol. The van der Waals surface area contributed by atoms with Crippen LogP contribution in [0.3, 0.4) is 0 Å². The molecule has 0 saturated carbocycles. The van der Waals surface area contributed by atoms with E-state index in [1.165, 1.54) is 0 Å². The predicted octanol–water partition coefficient (Wildman–Crippen LogP) is 7.57.